The summed E-state index contributed by atoms with van der Waals surface area (Å²) in [6.45, 7) is 2.72. The number of carbonyl (C=O) groups excluding carboxylic acids is 1. The van der Waals surface area contributed by atoms with Crippen LogP contribution in [0.4, 0.5) is 0 Å². The summed E-state index contributed by atoms with van der Waals surface area (Å²) < 4.78 is 5.64. The van der Waals surface area contributed by atoms with Crippen molar-refractivity contribution in [2.24, 2.45) is 0 Å². The largest absolute Gasteiger partial charge is 0.480 e. The van der Waals surface area contributed by atoms with Crippen LogP contribution in [0.2, 0.25) is 0 Å². The Bertz CT molecular complexity index is 454. The zero-order valence-corrected chi connectivity index (χ0v) is 10.4. The van der Waals surface area contributed by atoms with Crippen LogP contribution in [-0.2, 0) is 11.2 Å². The van der Waals surface area contributed by atoms with Crippen LogP contribution in [0.3, 0.4) is 0 Å². The van der Waals surface area contributed by atoms with E-state index in [1.807, 2.05) is 37.3 Å². The van der Waals surface area contributed by atoms with Crippen molar-refractivity contribution >= 4 is 5.91 Å². The zero-order valence-electron chi connectivity index (χ0n) is 10.4. The van der Waals surface area contributed by atoms with E-state index in [1.165, 1.54) is 0 Å². The topological polar surface area (TPSA) is 53.3 Å². The number of nitrogens with zero attached hydrogens (tertiary/aromatic N) is 2. The predicted octanol–water partition coefficient (Wildman–Crippen LogP) is 1.75. The summed E-state index contributed by atoms with van der Waals surface area (Å²) in [4.78, 5) is 13.8. The van der Waals surface area contributed by atoms with E-state index in [0.29, 0.717) is 13.0 Å². The summed E-state index contributed by atoms with van der Waals surface area (Å²) in [5.74, 6) is 0.693. The van der Waals surface area contributed by atoms with Crippen LogP contribution in [0.1, 0.15) is 18.9 Å². The molecule has 4 heteroatoms. The average molecular weight is 244 g/mol. The van der Waals surface area contributed by atoms with Crippen LogP contribution < -0.4 is 4.74 Å². The van der Waals surface area contributed by atoms with Gasteiger partial charge in [0.25, 0.3) is 5.91 Å². The molecule has 1 aromatic rings. The molecule has 1 unspecified atom stereocenters. The molecule has 0 saturated heterocycles. The van der Waals surface area contributed by atoms with Crippen molar-refractivity contribution < 1.29 is 9.53 Å². The van der Waals surface area contributed by atoms with E-state index in [9.17, 15) is 4.79 Å². The second-order valence-electron chi connectivity index (χ2n) is 4.34. The minimum atomic E-state index is -0.470. The van der Waals surface area contributed by atoms with Crippen molar-refractivity contribution in [3.8, 4) is 11.8 Å². The van der Waals surface area contributed by atoms with Gasteiger partial charge >= 0.3 is 0 Å². The summed E-state index contributed by atoms with van der Waals surface area (Å²) in [5, 5.41) is 8.74. The fourth-order valence-corrected chi connectivity index (χ4v) is 2.15. The lowest BCUT2D eigenvalue weighted by molar-refractivity contribution is -0.137. The van der Waals surface area contributed by atoms with E-state index in [0.717, 1.165) is 17.7 Å². The molecule has 1 heterocycles. The summed E-state index contributed by atoms with van der Waals surface area (Å²) in [5.41, 5.74) is 1.06. The molecule has 1 aliphatic rings. The normalized spacial score (nSPS) is 16.6. The molecule has 0 N–H and O–H groups in total. The van der Waals surface area contributed by atoms with E-state index in [4.69, 9.17) is 10.00 Å². The molecule has 0 spiro atoms. The van der Waals surface area contributed by atoms with Gasteiger partial charge in [-0.05, 0) is 18.1 Å². The number of rotatable bonds is 4. The molecule has 1 aromatic carbocycles. The maximum Gasteiger partial charge on any atom is 0.264 e. The minimum Gasteiger partial charge on any atom is -0.480 e. The van der Waals surface area contributed by atoms with Crippen LogP contribution >= 0.6 is 0 Å². The fraction of sp³-hybridized carbons (Fsp3) is 0.429. The first kappa shape index (κ1) is 12.4. The number of nitriles is 1. The molecule has 4 nitrogen and oxygen atoms in total. The lowest BCUT2D eigenvalue weighted by atomic mass is 10.1. The summed E-state index contributed by atoms with van der Waals surface area (Å²) in [7, 11) is 0. The number of benzene rings is 1. The number of para-hydroxylation sites is 1. The van der Waals surface area contributed by atoms with Crippen LogP contribution in [0.5, 0.6) is 5.75 Å². The molecule has 0 saturated carbocycles. The van der Waals surface area contributed by atoms with Crippen molar-refractivity contribution in [3.63, 3.8) is 0 Å². The Balaban J connectivity index is 2.06. The quantitative estimate of drug-likeness (QED) is 0.758. The van der Waals surface area contributed by atoms with Gasteiger partial charge in [0.15, 0.2) is 6.10 Å². The number of carbonyl (C=O) groups is 1. The molecule has 1 atom stereocenters. The van der Waals surface area contributed by atoms with Crippen LogP contribution in [0.25, 0.3) is 0 Å². The number of hydrogen-bond donors (Lipinski definition) is 0. The monoisotopic (exact) mass is 244 g/mol. The molecule has 94 valence electrons. The maximum atomic E-state index is 12.2. The maximum absolute atomic E-state index is 12.2. The summed E-state index contributed by atoms with van der Waals surface area (Å²) in [6, 6.07) is 9.70. The van der Waals surface area contributed by atoms with Crippen molar-refractivity contribution in [3.05, 3.63) is 29.8 Å². The van der Waals surface area contributed by atoms with Gasteiger partial charge in [-0.15, -0.1) is 0 Å². The first-order chi connectivity index (χ1) is 8.76. The highest BCUT2D eigenvalue weighted by Crippen LogP contribution is 2.28. The highest BCUT2D eigenvalue weighted by molar-refractivity contribution is 5.82. The van der Waals surface area contributed by atoms with Gasteiger partial charge in [0.2, 0.25) is 0 Å². The third-order valence-electron chi connectivity index (χ3n) is 2.99. The summed E-state index contributed by atoms with van der Waals surface area (Å²) >= 11 is 0. The fourth-order valence-electron chi connectivity index (χ4n) is 2.15. The number of amides is 1. The van der Waals surface area contributed by atoms with E-state index in [2.05, 4.69) is 0 Å². The Labute approximate surface area is 107 Å². The lowest BCUT2D eigenvalue weighted by Crippen LogP contribution is -2.42. The molecule has 1 aliphatic heterocycles. The summed E-state index contributed by atoms with van der Waals surface area (Å²) in [6.07, 6.45) is 0.968. The molecule has 2 rings (SSSR count). The number of hydrogen-bond acceptors (Lipinski definition) is 3. The first-order valence-electron chi connectivity index (χ1n) is 6.16. The second-order valence-corrected chi connectivity index (χ2v) is 4.34. The van der Waals surface area contributed by atoms with Gasteiger partial charge in [-0.3, -0.25) is 4.79 Å². The van der Waals surface area contributed by atoms with Gasteiger partial charge in [-0.1, -0.05) is 25.1 Å². The smallest absolute Gasteiger partial charge is 0.264 e. The highest BCUT2D eigenvalue weighted by atomic mass is 16.5. The Morgan fingerprint density at radius 2 is 2.33 bits per heavy atom. The zero-order chi connectivity index (χ0) is 13.0. The van der Waals surface area contributed by atoms with Crippen LogP contribution in [0, 0.1) is 11.3 Å². The molecular formula is C14H16N2O2. The van der Waals surface area contributed by atoms with E-state index >= 15 is 0 Å². The van der Waals surface area contributed by atoms with Crippen LogP contribution in [-0.4, -0.2) is 30.0 Å². The van der Waals surface area contributed by atoms with Crippen molar-refractivity contribution in [2.45, 2.75) is 25.9 Å². The molecule has 0 radical (unpaired) electrons. The molecule has 1 amide bonds. The molecule has 0 bridgehead atoms. The van der Waals surface area contributed by atoms with Gasteiger partial charge in [0.05, 0.1) is 6.07 Å². The molecule has 0 aliphatic carbocycles. The first-order valence-corrected chi connectivity index (χ1v) is 6.16. The average Bonchev–Trinajstić information content (AvgIpc) is 2.81. The van der Waals surface area contributed by atoms with Gasteiger partial charge in [0, 0.05) is 13.0 Å². The van der Waals surface area contributed by atoms with Crippen molar-refractivity contribution in [1.82, 2.24) is 4.90 Å². The van der Waals surface area contributed by atoms with Crippen molar-refractivity contribution in [1.29, 1.82) is 5.26 Å². The van der Waals surface area contributed by atoms with Crippen LogP contribution in [0.15, 0.2) is 24.3 Å². The number of fused-ring (bicyclic) bond motifs is 1. The third kappa shape index (κ3) is 2.45. The Morgan fingerprint density at radius 3 is 3.00 bits per heavy atom. The van der Waals surface area contributed by atoms with Gasteiger partial charge < -0.3 is 9.64 Å². The highest BCUT2D eigenvalue weighted by Gasteiger charge is 2.31. The molecule has 0 fully saturated rings. The van der Waals surface area contributed by atoms with Gasteiger partial charge in [-0.25, -0.2) is 0 Å². The Morgan fingerprint density at radius 1 is 1.56 bits per heavy atom. The Kier molecular flexibility index (Phi) is 3.83. The Hall–Kier alpha value is -2.02. The predicted molar refractivity (Wildman–Crippen MR) is 67.0 cm³/mol. The van der Waals surface area contributed by atoms with E-state index in [-0.39, 0.29) is 12.5 Å². The van der Waals surface area contributed by atoms with E-state index < -0.39 is 6.10 Å². The number of ether oxygens (including phenoxy) is 1. The minimum absolute atomic E-state index is 0.0883. The molecular weight excluding hydrogens is 228 g/mol. The van der Waals surface area contributed by atoms with Gasteiger partial charge in [-0.2, -0.15) is 5.26 Å². The van der Waals surface area contributed by atoms with E-state index in [1.54, 1.807) is 4.90 Å². The second kappa shape index (κ2) is 5.54. The van der Waals surface area contributed by atoms with Crippen molar-refractivity contribution in [2.75, 3.05) is 13.1 Å². The SMILES string of the molecule is CCCN(CC#N)C(=O)C1Cc2ccccc2O1. The lowest BCUT2D eigenvalue weighted by Gasteiger charge is -2.22. The third-order valence-corrected chi connectivity index (χ3v) is 2.99. The molecule has 0 aromatic heterocycles. The van der Waals surface area contributed by atoms with Gasteiger partial charge in [0.1, 0.15) is 12.3 Å². The standard InChI is InChI=1S/C14H16N2O2/c1-2-8-16(9-7-15)14(17)13-10-11-5-3-4-6-12(11)18-13/h3-6,13H,2,8-10H2,1H3. The molecule has 18 heavy (non-hydrogen) atoms.